The van der Waals surface area contributed by atoms with E-state index in [1.54, 1.807) is 0 Å². The van der Waals surface area contributed by atoms with Gasteiger partial charge in [0.2, 0.25) is 0 Å². The fourth-order valence-electron chi connectivity index (χ4n) is 3.12. The molecule has 0 spiro atoms. The van der Waals surface area contributed by atoms with Crippen LogP contribution in [0.2, 0.25) is 0 Å². The first-order chi connectivity index (χ1) is 9.77. The molecule has 0 aromatic rings. The third-order valence-corrected chi connectivity index (χ3v) is 4.53. The summed E-state index contributed by atoms with van der Waals surface area (Å²) >= 11 is 0. The van der Waals surface area contributed by atoms with Crippen LogP contribution in [0.5, 0.6) is 0 Å². The fourth-order valence-corrected chi connectivity index (χ4v) is 3.12. The second-order valence-corrected chi connectivity index (χ2v) is 6.40. The standard InChI is InChI=1S/C18H34O2/c1-3-5-7-9-10-12-14-16(13-11-8-6-4-2)17-15-18(19)20-17/h16-17H,3-15H2,1-2H3. The van der Waals surface area contributed by atoms with Crippen LogP contribution in [0.4, 0.5) is 0 Å². The predicted octanol–water partition coefficient (Wildman–Crippen LogP) is 5.64. The summed E-state index contributed by atoms with van der Waals surface area (Å²) in [6.07, 6.45) is 16.8. The maximum atomic E-state index is 11.0. The van der Waals surface area contributed by atoms with E-state index in [-0.39, 0.29) is 12.1 Å². The van der Waals surface area contributed by atoms with Gasteiger partial charge >= 0.3 is 5.97 Å². The van der Waals surface area contributed by atoms with Crippen molar-refractivity contribution < 1.29 is 9.53 Å². The lowest BCUT2D eigenvalue weighted by Gasteiger charge is -2.33. The van der Waals surface area contributed by atoms with Gasteiger partial charge < -0.3 is 4.74 Å². The van der Waals surface area contributed by atoms with E-state index in [0.717, 1.165) is 0 Å². The summed E-state index contributed by atoms with van der Waals surface area (Å²) in [5, 5.41) is 0. The van der Waals surface area contributed by atoms with Gasteiger partial charge in [-0.1, -0.05) is 78.1 Å². The van der Waals surface area contributed by atoms with Crippen LogP contribution in [-0.4, -0.2) is 12.1 Å². The SMILES string of the molecule is CCCCCCCCC(CCCCCC)C1CC(=O)O1. The van der Waals surface area contributed by atoms with Crippen LogP contribution >= 0.6 is 0 Å². The molecule has 2 atom stereocenters. The molecule has 0 radical (unpaired) electrons. The number of ether oxygens (including phenoxy) is 1. The van der Waals surface area contributed by atoms with Crippen LogP contribution < -0.4 is 0 Å². The predicted molar refractivity (Wildman–Crippen MR) is 84.7 cm³/mol. The Morgan fingerprint density at radius 2 is 1.35 bits per heavy atom. The van der Waals surface area contributed by atoms with Crippen molar-refractivity contribution in [3.05, 3.63) is 0 Å². The molecule has 0 saturated carbocycles. The highest BCUT2D eigenvalue weighted by Crippen LogP contribution is 2.30. The normalized spacial score (nSPS) is 19.5. The Morgan fingerprint density at radius 1 is 0.900 bits per heavy atom. The van der Waals surface area contributed by atoms with Gasteiger partial charge in [-0.25, -0.2) is 0 Å². The van der Waals surface area contributed by atoms with Gasteiger partial charge in [0.25, 0.3) is 0 Å². The molecule has 1 aliphatic heterocycles. The highest BCUT2D eigenvalue weighted by Gasteiger charge is 2.34. The van der Waals surface area contributed by atoms with Gasteiger partial charge in [-0.05, 0) is 18.8 Å². The van der Waals surface area contributed by atoms with E-state index in [1.165, 1.54) is 77.0 Å². The van der Waals surface area contributed by atoms with E-state index in [1.807, 2.05) is 0 Å². The van der Waals surface area contributed by atoms with E-state index < -0.39 is 0 Å². The topological polar surface area (TPSA) is 26.3 Å². The summed E-state index contributed by atoms with van der Waals surface area (Å²) in [5.41, 5.74) is 0. The zero-order chi connectivity index (χ0) is 14.6. The van der Waals surface area contributed by atoms with Gasteiger partial charge in [-0.15, -0.1) is 0 Å². The number of esters is 1. The lowest BCUT2D eigenvalue weighted by atomic mass is 9.86. The summed E-state index contributed by atoms with van der Waals surface area (Å²) in [6, 6.07) is 0. The molecular formula is C18H34O2. The monoisotopic (exact) mass is 282 g/mol. The first-order valence-corrected chi connectivity index (χ1v) is 8.97. The summed E-state index contributed by atoms with van der Waals surface area (Å²) in [5.74, 6) is 0.646. The lowest BCUT2D eigenvalue weighted by Crippen LogP contribution is -2.39. The second-order valence-electron chi connectivity index (χ2n) is 6.40. The molecule has 0 amide bonds. The van der Waals surface area contributed by atoms with E-state index in [2.05, 4.69) is 13.8 Å². The molecule has 1 aliphatic rings. The minimum absolute atomic E-state index is 0.0107. The smallest absolute Gasteiger partial charge is 0.309 e. The Hall–Kier alpha value is -0.530. The van der Waals surface area contributed by atoms with Crippen molar-refractivity contribution in [2.75, 3.05) is 0 Å². The molecule has 1 saturated heterocycles. The molecule has 2 unspecified atom stereocenters. The molecule has 2 nitrogen and oxygen atoms in total. The van der Waals surface area contributed by atoms with Crippen molar-refractivity contribution >= 4 is 5.97 Å². The number of rotatable bonds is 13. The van der Waals surface area contributed by atoms with Gasteiger partial charge in [0.1, 0.15) is 6.10 Å². The van der Waals surface area contributed by atoms with Crippen molar-refractivity contribution in [1.29, 1.82) is 0 Å². The third-order valence-electron chi connectivity index (χ3n) is 4.53. The maximum absolute atomic E-state index is 11.0. The van der Waals surface area contributed by atoms with E-state index in [4.69, 9.17) is 4.74 Å². The molecule has 20 heavy (non-hydrogen) atoms. The first-order valence-electron chi connectivity index (χ1n) is 8.97. The van der Waals surface area contributed by atoms with Crippen LogP contribution in [0.1, 0.15) is 97.3 Å². The van der Waals surface area contributed by atoms with E-state index >= 15 is 0 Å². The Labute approximate surface area is 125 Å². The molecule has 118 valence electrons. The summed E-state index contributed by atoms with van der Waals surface area (Å²) in [7, 11) is 0. The summed E-state index contributed by atoms with van der Waals surface area (Å²) in [4.78, 5) is 11.0. The van der Waals surface area contributed by atoms with Crippen LogP contribution in [0.25, 0.3) is 0 Å². The van der Waals surface area contributed by atoms with Crippen LogP contribution in [0.3, 0.4) is 0 Å². The Bertz CT molecular complexity index is 242. The third kappa shape index (κ3) is 7.31. The number of cyclic esters (lactones) is 1. The molecule has 0 bridgehead atoms. The minimum atomic E-state index is 0.0107. The molecule has 0 aromatic carbocycles. The highest BCUT2D eigenvalue weighted by atomic mass is 16.6. The fraction of sp³-hybridized carbons (Fsp3) is 0.944. The maximum Gasteiger partial charge on any atom is 0.309 e. The largest absolute Gasteiger partial charge is 0.461 e. The van der Waals surface area contributed by atoms with Gasteiger partial charge in [0.05, 0.1) is 6.42 Å². The average Bonchev–Trinajstić information content (AvgIpc) is 2.42. The van der Waals surface area contributed by atoms with Crippen LogP contribution in [0.15, 0.2) is 0 Å². The number of unbranched alkanes of at least 4 members (excludes halogenated alkanes) is 8. The summed E-state index contributed by atoms with van der Waals surface area (Å²) in [6.45, 7) is 4.51. The molecule has 1 fully saturated rings. The Balaban J connectivity index is 2.12. The summed E-state index contributed by atoms with van der Waals surface area (Å²) < 4.78 is 5.31. The Kier molecular flexibility index (Phi) is 9.78. The first kappa shape index (κ1) is 17.5. The number of carbonyl (C=O) groups excluding carboxylic acids is 1. The second kappa shape index (κ2) is 11.2. The van der Waals surface area contributed by atoms with Gasteiger partial charge in [0, 0.05) is 0 Å². The van der Waals surface area contributed by atoms with Crippen molar-refractivity contribution in [3.63, 3.8) is 0 Å². The zero-order valence-corrected chi connectivity index (χ0v) is 13.7. The van der Waals surface area contributed by atoms with Crippen LogP contribution in [-0.2, 0) is 9.53 Å². The molecule has 1 rings (SSSR count). The number of carbonyl (C=O) groups is 1. The molecular weight excluding hydrogens is 248 g/mol. The van der Waals surface area contributed by atoms with E-state index in [0.29, 0.717) is 12.3 Å². The molecule has 2 heteroatoms. The molecule has 1 heterocycles. The average molecular weight is 282 g/mol. The van der Waals surface area contributed by atoms with Crippen molar-refractivity contribution in [3.8, 4) is 0 Å². The molecule has 0 N–H and O–H groups in total. The van der Waals surface area contributed by atoms with Gasteiger partial charge in [-0.3, -0.25) is 4.79 Å². The number of hydrogen-bond acceptors (Lipinski definition) is 2. The van der Waals surface area contributed by atoms with E-state index in [9.17, 15) is 4.79 Å². The van der Waals surface area contributed by atoms with Crippen molar-refractivity contribution in [2.24, 2.45) is 5.92 Å². The van der Waals surface area contributed by atoms with Crippen LogP contribution in [0, 0.1) is 5.92 Å². The van der Waals surface area contributed by atoms with Gasteiger partial charge in [0.15, 0.2) is 0 Å². The number of hydrogen-bond donors (Lipinski definition) is 0. The Morgan fingerprint density at radius 3 is 1.85 bits per heavy atom. The van der Waals surface area contributed by atoms with Crippen molar-refractivity contribution in [1.82, 2.24) is 0 Å². The molecule has 0 aromatic heterocycles. The molecule has 0 aliphatic carbocycles. The quantitative estimate of drug-likeness (QED) is 0.323. The van der Waals surface area contributed by atoms with Crippen molar-refractivity contribution in [2.45, 2.75) is 103 Å². The minimum Gasteiger partial charge on any atom is -0.461 e. The highest BCUT2D eigenvalue weighted by molar-refractivity contribution is 5.75. The lowest BCUT2D eigenvalue weighted by molar-refractivity contribution is -0.175. The zero-order valence-electron chi connectivity index (χ0n) is 13.7. The van der Waals surface area contributed by atoms with Gasteiger partial charge in [-0.2, -0.15) is 0 Å².